The van der Waals surface area contributed by atoms with Gasteiger partial charge in [0.25, 0.3) is 0 Å². The first-order valence-corrected chi connectivity index (χ1v) is 8.99. The maximum atomic E-state index is 13.5. The lowest BCUT2D eigenvalue weighted by Gasteiger charge is -2.10. The van der Waals surface area contributed by atoms with Gasteiger partial charge in [-0.25, -0.2) is 18.9 Å². The van der Waals surface area contributed by atoms with Crippen LogP contribution in [0.2, 0.25) is 5.02 Å². The van der Waals surface area contributed by atoms with Crippen LogP contribution < -0.4 is 5.73 Å². The minimum absolute atomic E-state index is 0.0172. The highest BCUT2D eigenvalue weighted by molar-refractivity contribution is 6.31. The maximum Gasteiger partial charge on any atom is 0.170 e. The predicted molar refractivity (Wildman–Crippen MR) is 107 cm³/mol. The van der Waals surface area contributed by atoms with E-state index in [0.717, 1.165) is 0 Å². The monoisotopic (exact) mass is 416 g/mol. The SMILES string of the molecule is CN.O=Cc1cnc2ccc(-c3c(-c4ccc(F)c(Cl)c4)ncn3CCO)nn12. The summed E-state index contributed by atoms with van der Waals surface area (Å²) in [4.78, 5) is 19.7. The number of imidazole rings is 2. The lowest BCUT2D eigenvalue weighted by molar-refractivity contribution is 0.111. The molecule has 0 saturated heterocycles. The lowest BCUT2D eigenvalue weighted by Crippen LogP contribution is -2.06. The quantitative estimate of drug-likeness (QED) is 0.483. The summed E-state index contributed by atoms with van der Waals surface area (Å²) in [5, 5.41) is 13.8. The fraction of sp³-hybridized carbons (Fsp3) is 0.158. The van der Waals surface area contributed by atoms with Crippen molar-refractivity contribution in [1.29, 1.82) is 0 Å². The normalized spacial score (nSPS) is 10.7. The van der Waals surface area contributed by atoms with Crippen LogP contribution in [0.5, 0.6) is 0 Å². The number of hydrogen-bond donors (Lipinski definition) is 2. The number of aliphatic hydroxyl groups is 1. The molecule has 0 saturated carbocycles. The van der Waals surface area contributed by atoms with E-state index < -0.39 is 5.82 Å². The molecule has 8 nitrogen and oxygen atoms in total. The molecule has 3 N–H and O–H groups in total. The summed E-state index contributed by atoms with van der Waals surface area (Å²) in [5.74, 6) is -0.523. The Morgan fingerprint density at radius 2 is 2.03 bits per heavy atom. The molecule has 29 heavy (non-hydrogen) atoms. The van der Waals surface area contributed by atoms with E-state index in [9.17, 15) is 14.3 Å². The summed E-state index contributed by atoms with van der Waals surface area (Å²) in [6.45, 7) is 0.196. The van der Waals surface area contributed by atoms with Crippen molar-refractivity contribution in [2.24, 2.45) is 5.73 Å². The van der Waals surface area contributed by atoms with Crippen molar-refractivity contribution in [3.05, 3.63) is 59.4 Å². The number of aldehydes is 1. The molecule has 0 aliphatic rings. The van der Waals surface area contributed by atoms with Crippen LogP contribution in [0.25, 0.3) is 28.3 Å². The molecule has 0 atom stereocenters. The van der Waals surface area contributed by atoms with E-state index in [0.29, 0.717) is 46.8 Å². The highest BCUT2D eigenvalue weighted by atomic mass is 35.5. The van der Waals surface area contributed by atoms with E-state index in [1.807, 2.05) is 0 Å². The first-order chi connectivity index (χ1) is 14.1. The van der Waals surface area contributed by atoms with Gasteiger partial charge in [-0.05, 0) is 37.4 Å². The molecule has 0 aliphatic heterocycles. The number of nitrogens with two attached hydrogens (primary N) is 1. The van der Waals surface area contributed by atoms with E-state index in [4.69, 9.17) is 11.6 Å². The maximum absolute atomic E-state index is 13.5. The third-order valence-corrected chi connectivity index (χ3v) is 4.41. The summed E-state index contributed by atoms with van der Waals surface area (Å²) in [7, 11) is 1.50. The van der Waals surface area contributed by atoms with Gasteiger partial charge in [-0.15, -0.1) is 0 Å². The molecule has 0 radical (unpaired) electrons. The third-order valence-electron chi connectivity index (χ3n) is 4.12. The van der Waals surface area contributed by atoms with Gasteiger partial charge in [0.1, 0.15) is 17.2 Å². The number of nitrogens with zero attached hydrogens (tertiary/aromatic N) is 5. The van der Waals surface area contributed by atoms with Crippen LogP contribution in [-0.4, -0.2) is 49.2 Å². The van der Waals surface area contributed by atoms with Gasteiger partial charge in [-0.2, -0.15) is 5.10 Å². The predicted octanol–water partition coefficient (Wildman–Crippen LogP) is 2.43. The molecule has 0 amide bonds. The molecular weight excluding hydrogens is 399 g/mol. The summed E-state index contributed by atoms with van der Waals surface area (Å²) >= 11 is 5.92. The van der Waals surface area contributed by atoms with E-state index in [2.05, 4.69) is 20.8 Å². The Labute approximate surface area is 170 Å². The Morgan fingerprint density at radius 1 is 1.24 bits per heavy atom. The molecule has 3 heterocycles. The summed E-state index contributed by atoms with van der Waals surface area (Å²) in [6, 6.07) is 7.80. The number of aromatic nitrogens is 5. The van der Waals surface area contributed by atoms with Crippen molar-refractivity contribution in [3.8, 4) is 22.6 Å². The van der Waals surface area contributed by atoms with E-state index in [1.165, 1.54) is 29.9 Å². The molecule has 0 unspecified atom stereocenters. The molecule has 4 rings (SSSR count). The fourth-order valence-corrected chi connectivity index (χ4v) is 3.06. The summed E-state index contributed by atoms with van der Waals surface area (Å²) in [6.07, 6.45) is 3.67. The molecule has 0 fully saturated rings. The molecule has 0 bridgehead atoms. The highest BCUT2D eigenvalue weighted by Gasteiger charge is 2.18. The minimum Gasteiger partial charge on any atom is -0.395 e. The van der Waals surface area contributed by atoms with Gasteiger partial charge in [0, 0.05) is 12.1 Å². The van der Waals surface area contributed by atoms with Crippen LogP contribution in [0, 0.1) is 5.82 Å². The standard InChI is InChI=1S/C18H13ClFN5O2.CH5N/c19-13-7-11(1-2-14(13)20)17-18(24(5-6-26)10-22-17)15-3-4-16-21-8-12(9-27)25(16)23-15;1-2/h1-4,7-10,26H,5-6H2;2H2,1H3. The third kappa shape index (κ3) is 3.88. The van der Waals surface area contributed by atoms with Crippen molar-refractivity contribution in [2.45, 2.75) is 6.54 Å². The zero-order valence-corrected chi connectivity index (χ0v) is 16.2. The number of hydrogen-bond acceptors (Lipinski definition) is 6. The van der Waals surface area contributed by atoms with E-state index in [-0.39, 0.29) is 11.6 Å². The van der Waals surface area contributed by atoms with Gasteiger partial charge in [0.2, 0.25) is 0 Å². The average molecular weight is 417 g/mol. The van der Waals surface area contributed by atoms with E-state index >= 15 is 0 Å². The molecule has 0 spiro atoms. The second-order valence-corrected chi connectivity index (χ2v) is 6.18. The summed E-state index contributed by atoms with van der Waals surface area (Å²) < 4.78 is 16.7. The van der Waals surface area contributed by atoms with Gasteiger partial charge in [-0.3, -0.25) is 4.79 Å². The van der Waals surface area contributed by atoms with Crippen LogP contribution >= 0.6 is 11.6 Å². The van der Waals surface area contributed by atoms with Crippen molar-refractivity contribution in [1.82, 2.24) is 24.1 Å². The molecular formula is C19H18ClFN6O2. The van der Waals surface area contributed by atoms with Crippen molar-refractivity contribution in [2.75, 3.05) is 13.7 Å². The minimum atomic E-state index is -0.523. The van der Waals surface area contributed by atoms with Crippen molar-refractivity contribution in [3.63, 3.8) is 0 Å². The van der Waals surface area contributed by atoms with Crippen LogP contribution in [0.15, 0.2) is 42.9 Å². The number of rotatable bonds is 5. The second kappa shape index (κ2) is 8.91. The van der Waals surface area contributed by atoms with Gasteiger partial charge < -0.3 is 15.4 Å². The Hall–Kier alpha value is -3.14. The molecule has 4 aromatic rings. The Balaban J connectivity index is 0.00000117. The van der Waals surface area contributed by atoms with Crippen LogP contribution in [0.1, 0.15) is 10.5 Å². The van der Waals surface area contributed by atoms with Gasteiger partial charge in [-0.1, -0.05) is 11.6 Å². The summed E-state index contributed by atoms with van der Waals surface area (Å²) in [5.41, 5.74) is 7.61. The number of benzene rings is 1. The van der Waals surface area contributed by atoms with Crippen LogP contribution in [-0.2, 0) is 6.54 Å². The number of carbonyl (C=O) groups excluding carboxylic acids is 1. The van der Waals surface area contributed by atoms with Gasteiger partial charge in [0.05, 0.1) is 35.5 Å². The molecule has 10 heteroatoms. The molecule has 150 valence electrons. The van der Waals surface area contributed by atoms with Gasteiger partial charge in [0.15, 0.2) is 11.9 Å². The lowest BCUT2D eigenvalue weighted by atomic mass is 10.1. The van der Waals surface area contributed by atoms with Crippen LogP contribution in [0.4, 0.5) is 4.39 Å². The smallest absolute Gasteiger partial charge is 0.170 e. The Kier molecular flexibility index (Phi) is 6.32. The number of fused-ring (bicyclic) bond motifs is 1. The van der Waals surface area contributed by atoms with Crippen molar-refractivity contribution < 1.29 is 14.3 Å². The zero-order chi connectivity index (χ0) is 21.0. The number of carbonyl (C=O) groups is 1. The van der Waals surface area contributed by atoms with Crippen molar-refractivity contribution >= 4 is 23.5 Å². The van der Waals surface area contributed by atoms with E-state index in [1.54, 1.807) is 29.1 Å². The molecule has 0 aliphatic carbocycles. The van der Waals surface area contributed by atoms with Crippen LogP contribution in [0.3, 0.4) is 0 Å². The first-order valence-electron chi connectivity index (χ1n) is 8.62. The largest absolute Gasteiger partial charge is 0.395 e. The Bertz CT molecular complexity index is 1160. The fourth-order valence-electron chi connectivity index (χ4n) is 2.88. The topological polar surface area (TPSA) is 111 Å². The number of halogens is 2. The zero-order valence-electron chi connectivity index (χ0n) is 15.5. The molecule has 3 aromatic heterocycles. The molecule has 1 aromatic carbocycles. The second-order valence-electron chi connectivity index (χ2n) is 5.78. The average Bonchev–Trinajstić information content (AvgIpc) is 3.35. The Morgan fingerprint density at radius 3 is 2.72 bits per heavy atom. The number of aliphatic hydroxyl groups excluding tert-OH is 1. The van der Waals surface area contributed by atoms with Gasteiger partial charge >= 0.3 is 0 Å². The highest BCUT2D eigenvalue weighted by Crippen LogP contribution is 2.32. The first kappa shape index (κ1) is 20.6.